The second-order valence-corrected chi connectivity index (χ2v) is 8.72. The molecule has 0 radical (unpaired) electrons. The highest BCUT2D eigenvalue weighted by atomic mass is 16.2. The Morgan fingerprint density at radius 2 is 1.10 bits per heavy atom. The number of hydrogen-bond donors (Lipinski definition) is 1. The van der Waals surface area contributed by atoms with Crippen LogP contribution in [0.4, 0.5) is 0 Å². The Morgan fingerprint density at radius 1 is 0.724 bits per heavy atom. The van der Waals surface area contributed by atoms with Crippen LogP contribution in [0, 0.1) is 0 Å². The van der Waals surface area contributed by atoms with Gasteiger partial charge in [-0.3, -0.25) is 4.79 Å². The molecule has 0 aromatic rings. The molecule has 0 fully saturated rings. The molecule has 0 rings (SSSR count). The van der Waals surface area contributed by atoms with E-state index >= 15 is 0 Å². The lowest BCUT2D eigenvalue weighted by atomic mass is 10.0. The first-order chi connectivity index (χ1) is 14.0. The van der Waals surface area contributed by atoms with Gasteiger partial charge in [-0.2, -0.15) is 0 Å². The van der Waals surface area contributed by atoms with Gasteiger partial charge in [0.25, 0.3) is 0 Å². The molecule has 0 aliphatic heterocycles. The van der Waals surface area contributed by atoms with Crippen molar-refractivity contribution in [2.24, 2.45) is 5.73 Å². The topological polar surface area (TPSA) is 46.3 Å². The number of carbonyl (C=O) groups excluding carboxylic acids is 1. The maximum Gasteiger partial charge on any atom is 0.245 e. The Morgan fingerprint density at radius 3 is 1.38 bits per heavy atom. The average Bonchev–Trinajstić information content (AvgIpc) is 2.70. The Kier molecular flexibility index (Phi) is 26.4. The van der Waals surface area contributed by atoms with Gasteiger partial charge in [-0.25, -0.2) is 0 Å². The second kappa shape index (κ2) is 25.2. The van der Waals surface area contributed by atoms with Gasteiger partial charge in [0.15, 0.2) is 0 Å². The van der Waals surface area contributed by atoms with Crippen LogP contribution in [0.2, 0.25) is 0 Å². The van der Waals surface area contributed by atoms with Gasteiger partial charge in [-0.1, -0.05) is 123 Å². The lowest BCUT2D eigenvalue weighted by molar-refractivity contribution is -0.123. The van der Waals surface area contributed by atoms with E-state index in [4.69, 9.17) is 5.73 Å². The lowest BCUT2D eigenvalue weighted by Crippen LogP contribution is -2.18. The zero-order valence-electron chi connectivity index (χ0n) is 20.5. The Hall–Kier alpha value is -0.830. The summed E-state index contributed by atoms with van der Waals surface area (Å²) in [7, 11) is 3.37. The van der Waals surface area contributed by atoms with E-state index in [0.717, 1.165) is 0 Å². The van der Waals surface area contributed by atoms with Gasteiger partial charge in [0.2, 0.25) is 5.91 Å². The minimum absolute atomic E-state index is 0.0556. The standard InChI is InChI=1S/C21H45N.C5H9NO/c1-3-5-6-7-8-9-10-11-12-13-14-15-16-17-18-20-21(22)19-4-2;1-4-5(7)6(2)3/h21H,3-20,22H2,1-2H3;4H,1H2,2-3H3. The molecule has 0 aliphatic carbocycles. The molecule has 0 saturated carbocycles. The monoisotopic (exact) mass is 410 g/mol. The summed E-state index contributed by atoms with van der Waals surface area (Å²) >= 11 is 0. The summed E-state index contributed by atoms with van der Waals surface area (Å²) in [6.45, 7) is 7.81. The number of carbonyl (C=O) groups is 1. The van der Waals surface area contributed by atoms with Gasteiger partial charge in [0, 0.05) is 20.1 Å². The number of nitrogens with two attached hydrogens (primary N) is 1. The second-order valence-electron chi connectivity index (χ2n) is 8.72. The molecule has 3 nitrogen and oxygen atoms in total. The zero-order chi connectivity index (χ0) is 22.2. The van der Waals surface area contributed by atoms with E-state index in [9.17, 15) is 4.79 Å². The maximum atomic E-state index is 10.3. The van der Waals surface area contributed by atoms with E-state index in [0.29, 0.717) is 6.04 Å². The van der Waals surface area contributed by atoms with Crippen molar-refractivity contribution in [3.8, 4) is 0 Å². The molecule has 2 N–H and O–H groups in total. The molecule has 174 valence electrons. The van der Waals surface area contributed by atoms with Crippen molar-refractivity contribution >= 4 is 5.91 Å². The first-order valence-corrected chi connectivity index (χ1v) is 12.6. The normalized spacial score (nSPS) is 11.5. The third-order valence-electron chi connectivity index (χ3n) is 5.45. The molecule has 29 heavy (non-hydrogen) atoms. The van der Waals surface area contributed by atoms with E-state index in [1.54, 1.807) is 14.1 Å². The highest BCUT2D eigenvalue weighted by Gasteiger charge is 2.00. The fraction of sp³-hybridized carbons (Fsp3) is 0.885. The number of amides is 1. The van der Waals surface area contributed by atoms with Crippen molar-refractivity contribution in [2.75, 3.05) is 14.1 Å². The zero-order valence-corrected chi connectivity index (χ0v) is 20.5. The third-order valence-corrected chi connectivity index (χ3v) is 5.45. The molecule has 0 saturated heterocycles. The summed E-state index contributed by atoms with van der Waals surface area (Å²) in [5, 5.41) is 0. The van der Waals surface area contributed by atoms with E-state index in [-0.39, 0.29) is 5.91 Å². The summed E-state index contributed by atoms with van der Waals surface area (Å²) < 4.78 is 0. The first kappa shape index (κ1) is 30.4. The van der Waals surface area contributed by atoms with Gasteiger partial charge in [-0.05, 0) is 18.9 Å². The molecule has 1 unspecified atom stereocenters. The minimum atomic E-state index is -0.0556. The molecule has 3 heteroatoms. The predicted molar refractivity (Wildman–Crippen MR) is 131 cm³/mol. The number of rotatable bonds is 19. The van der Waals surface area contributed by atoms with Crippen LogP contribution in [-0.4, -0.2) is 30.9 Å². The van der Waals surface area contributed by atoms with E-state index in [1.807, 2.05) is 0 Å². The predicted octanol–water partition coefficient (Wildman–Crippen LogP) is 7.64. The van der Waals surface area contributed by atoms with Crippen molar-refractivity contribution in [2.45, 2.75) is 135 Å². The molecule has 0 heterocycles. The maximum absolute atomic E-state index is 10.3. The van der Waals surface area contributed by atoms with Gasteiger partial charge >= 0.3 is 0 Å². The summed E-state index contributed by atoms with van der Waals surface area (Å²) in [5.74, 6) is -0.0556. The molecule has 1 amide bonds. The molecule has 0 aliphatic rings. The molecule has 1 atom stereocenters. The van der Waals surface area contributed by atoms with Crippen LogP contribution in [0.5, 0.6) is 0 Å². The first-order valence-electron chi connectivity index (χ1n) is 12.6. The third kappa shape index (κ3) is 27.2. The van der Waals surface area contributed by atoms with Crippen molar-refractivity contribution in [1.82, 2.24) is 4.90 Å². The van der Waals surface area contributed by atoms with E-state index in [1.165, 1.54) is 127 Å². The van der Waals surface area contributed by atoms with E-state index in [2.05, 4.69) is 20.4 Å². The fourth-order valence-electron chi connectivity index (χ4n) is 3.48. The van der Waals surface area contributed by atoms with Crippen LogP contribution in [0.25, 0.3) is 0 Å². The van der Waals surface area contributed by atoms with Crippen molar-refractivity contribution < 1.29 is 4.79 Å². The molecule has 0 spiro atoms. The highest BCUT2D eigenvalue weighted by molar-refractivity contribution is 5.86. The fourth-order valence-corrected chi connectivity index (χ4v) is 3.48. The number of likely N-dealkylation sites (N-methyl/N-ethyl adjacent to an activating group) is 1. The number of unbranched alkanes of at least 4 members (excludes halogenated alkanes) is 14. The minimum Gasteiger partial charge on any atom is -0.345 e. The summed E-state index contributed by atoms with van der Waals surface area (Å²) in [4.78, 5) is 11.8. The smallest absolute Gasteiger partial charge is 0.245 e. The highest BCUT2D eigenvalue weighted by Crippen LogP contribution is 2.14. The molecular formula is C26H54N2O. The van der Waals surface area contributed by atoms with Crippen LogP contribution >= 0.6 is 0 Å². The summed E-state index contributed by atoms with van der Waals surface area (Å²) in [5.41, 5.74) is 6.04. The Labute approximate surface area is 183 Å². The molecular weight excluding hydrogens is 356 g/mol. The Balaban J connectivity index is 0. The van der Waals surface area contributed by atoms with Gasteiger partial charge in [0.1, 0.15) is 0 Å². The Bertz CT molecular complexity index is 342. The molecule has 0 aromatic heterocycles. The summed E-state index contributed by atoms with van der Waals surface area (Å²) in [6, 6.07) is 0.465. The van der Waals surface area contributed by atoms with Crippen LogP contribution < -0.4 is 5.73 Å². The van der Waals surface area contributed by atoms with Gasteiger partial charge in [0.05, 0.1) is 0 Å². The van der Waals surface area contributed by atoms with Crippen LogP contribution in [-0.2, 0) is 4.79 Å². The van der Waals surface area contributed by atoms with Crippen LogP contribution in [0.3, 0.4) is 0 Å². The van der Waals surface area contributed by atoms with Crippen molar-refractivity contribution in [3.63, 3.8) is 0 Å². The largest absolute Gasteiger partial charge is 0.345 e. The van der Waals surface area contributed by atoms with Crippen molar-refractivity contribution in [1.29, 1.82) is 0 Å². The van der Waals surface area contributed by atoms with Crippen LogP contribution in [0.15, 0.2) is 12.7 Å². The van der Waals surface area contributed by atoms with E-state index < -0.39 is 0 Å². The summed E-state index contributed by atoms with van der Waals surface area (Å²) in [6.07, 6.45) is 26.6. The van der Waals surface area contributed by atoms with Crippen LogP contribution in [0.1, 0.15) is 129 Å². The van der Waals surface area contributed by atoms with Gasteiger partial charge < -0.3 is 10.6 Å². The lowest BCUT2D eigenvalue weighted by Gasteiger charge is -2.09. The SMILES string of the molecule is C=CC(=O)N(C)C.CCCCCCCCCCCCCCCCCC(N)CCC. The number of nitrogens with zero attached hydrogens (tertiary/aromatic N) is 1. The number of hydrogen-bond acceptors (Lipinski definition) is 2. The molecule has 0 aromatic carbocycles. The average molecular weight is 411 g/mol. The van der Waals surface area contributed by atoms with Gasteiger partial charge in [-0.15, -0.1) is 0 Å². The van der Waals surface area contributed by atoms with Crippen molar-refractivity contribution in [3.05, 3.63) is 12.7 Å². The molecule has 0 bridgehead atoms. The quantitative estimate of drug-likeness (QED) is 0.176.